The van der Waals surface area contributed by atoms with E-state index in [1.807, 2.05) is 45.0 Å². The number of aliphatic hydroxyl groups excluding tert-OH is 1. The quantitative estimate of drug-likeness (QED) is 0.192. The number of aliphatic hydroxyl groups is 1. The Bertz CT molecular complexity index is 1140. The molecule has 9 nitrogen and oxygen atoms in total. The van der Waals surface area contributed by atoms with Crippen LogP contribution in [0.2, 0.25) is 0 Å². The Hall–Kier alpha value is -2.69. The fraction of sp³-hybridized carbons (Fsp3) is 0.581. The number of carbonyl (C=O) groups excluding carboxylic acids is 3. The lowest BCUT2D eigenvalue weighted by atomic mass is 9.70. The predicted molar refractivity (Wildman–Crippen MR) is 161 cm³/mol. The first kappa shape index (κ1) is 31.3. The summed E-state index contributed by atoms with van der Waals surface area (Å²) >= 11 is 3.75. The van der Waals surface area contributed by atoms with Crippen molar-refractivity contribution in [2.45, 2.75) is 68.6 Å². The second-order valence-corrected chi connectivity index (χ2v) is 12.3. The first-order valence-corrected chi connectivity index (χ1v) is 15.4. The summed E-state index contributed by atoms with van der Waals surface area (Å²) in [6, 6.07) is 6.27. The van der Waals surface area contributed by atoms with Crippen molar-refractivity contribution >= 4 is 39.3 Å². The minimum atomic E-state index is -1.14. The van der Waals surface area contributed by atoms with E-state index in [-0.39, 0.29) is 41.7 Å². The molecule has 2 bridgehead atoms. The molecule has 41 heavy (non-hydrogen) atoms. The minimum absolute atomic E-state index is 0.00838. The number of nitrogens with zero attached hydrogens (tertiary/aromatic N) is 3. The summed E-state index contributed by atoms with van der Waals surface area (Å²) in [6.07, 6.45) is 4.25. The number of alkyl halides is 1. The van der Waals surface area contributed by atoms with Gasteiger partial charge in [-0.1, -0.05) is 28.1 Å². The summed E-state index contributed by atoms with van der Waals surface area (Å²) in [5.41, 5.74) is -0.476. The number of halogens is 1. The molecule has 224 valence electrons. The van der Waals surface area contributed by atoms with Crippen LogP contribution < -0.4 is 9.64 Å². The SMILES string of the molecule is C=CCN(C(=O)[C@H]1[C@H]2C(=O)N(CCCCO)C(C(=O)N(CC=C)C(C)C)C23CC(Br)[C@@H]1O3)c1ccc(OCC)cc1. The Morgan fingerprint density at radius 3 is 2.46 bits per heavy atom. The van der Waals surface area contributed by atoms with Gasteiger partial charge in [0.1, 0.15) is 17.4 Å². The van der Waals surface area contributed by atoms with E-state index in [1.54, 1.807) is 26.9 Å². The number of hydrogen-bond acceptors (Lipinski definition) is 6. The average Bonchev–Trinajstić information content (AvgIpc) is 3.54. The molecule has 10 heteroatoms. The van der Waals surface area contributed by atoms with E-state index in [9.17, 15) is 19.5 Å². The predicted octanol–water partition coefficient (Wildman–Crippen LogP) is 3.55. The van der Waals surface area contributed by atoms with Crippen LogP contribution in [0.4, 0.5) is 5.69 Å². The zero-order valence-electron chi connectivity index (χ0n) is 24.2. The molecule has 3 unspecified atom stereocenters. The molecule has 3 heterocycles. The van der Waals surface area contributed by atoms with Gasteiger partial charge in [0.05, 0.1) is 24.5 Å². The first-order valence-electron chi connectivity index (χ1n) is 14.5. The second-order valence-electron chi connectivity index (χ2n) is 11.2. The van der Waals surface area contributed by atoms with Gasteiger partial charge in [-0.15, -0.1) is 13.2 Å². The standard InChI is InChI=1S/C31H42BrN3O6/c1-6-15-33(20(4)5)30(39)27-31-19-23(32)26(41-31)24(25(31)29(38)35(27)17-9-10-18-36)28(37)34(16-7-2)21-11-13-22(14-12-21)40-8-3/h6-7,11-14,20,23-27,36H,1-2,8-10,15-19H2,3-5H3/t23?,24-,25-,26-,27?,31?/m0/s1. The van der Waals surface area contributed by atoms with Crippen LogP contribution in [-0.2, 0) is 19.1 Å². The van der Waals surface area contributed by atoms with Crippen LogP contribution in [0, 0.1) is 11.8 Å². The molecule has 3 amide bonds. The fourth-order valence-electron chi connectivity index (χ4n) is 6.70. The van der Waals surface area contributed by atoms with Gasteiger partial charge in [0.15, 0.2) is 0 Å². The lowest BCUT2D eigenvalue weighted by Gasteiger charge is -2.38. The lowest BCUT2D eigenvalue weighted by Crippen LogP contribution is -2.58. The van der Waals surface area contributed by atoms with Crippen molar-refractivity contribution in [3.63, 3.8) is 0 Å². The molecule has 3 fully saturated rings. The number of ether oxygens (including phenoxy) is 2. The number of rotatable bonds is 14. The molecule has 1 spiro atoms. The molecule has 4 rings (SSSR count). The summed E-state index contributed by atoms with van der Waals surface area (Å²) in [7, 11) is 0. The Labute approximate surface area is 251 Å². The number of hydrogen-bond donors (Lipinski definition) is 1. The summed E-state index contributed by atoms with van der Waals surface area (Å²) in [5, 5.41) is 9.41. The van der Waals surface area contributed by atoms with Crippen LogP contribution in [-0.4, -0.2) is 94.1 Å². The van der Waals surface area contributed by atoms with Crippen LogP contribution in [0.3, 0.4) is 0 Å². The third-order valence-corrected chi connectivity index (χ3v) is 9.23. The highest BCUT2D eigenvalue weighted by Crippen LogP contribution is 2.60. The molecule has 0 aliphatic carbocycles. The van der Waals surface area contributed by atoms with Crippen molar-refractivity contribution in [1.82, 2.24) is 9.80 Å². The lowest BCUT2D eigenvalue weighted by molar-refractivity contribution is -0.149. The Morgan fingerprint density at radius 1 is 1.20 bits per heavy atom. The summed E-state index contributed by atoms with van der Waals surface area (Å²) in [4.78, 5) is 47.6. The maximum absolute atomic E-state index is 14.4. The number of unbranched alkanes of at least 4 members (excludes halogenated alkanes) is 1. The number of anilines is 1. The van der Waals surface area contributed by atoms with Crippen LogP contribution >= 0.6 is 15.9 Å². The zero-order valence-corrected chi connectivity index (χ0v) is 25.8. The molecule has 6 atom stereocenters. The molecular weight excluding hydrogens is 590 g/mol. The van der Waals surface area contributed by atoms with Gasteiger partial charge in [0, 0.05) is 42.8 Å². The van der Waals surface area contributed by atoms with Crippen molar-refractivity contribution in [3.05, 3.63) is 49.6 Å². The van der Waals surface area contributed by atoms with Crippen molar-refractivity contribution in [3.8, 4) is 5.75 Å². The van der Waals surface area contributed by atoms with Crippen LogP contribution in [0.15, 0.2) is 49.6 Å². The highest BCUT2D eigenvalue weighted by molar-refractivity contribution is 9.09. The van der Waals surface area contributed by atoms with Crippen LogP contribution in [0.5, 0.6) is 5.75 Å². The molecule has 0 radical (unpaired) electrons. The van der Waals surface area contributed by atoms with Crippen molar-refractivity contribution < 1.29 is 29.0 Å². The molecule has 0 aromatic heterocycles. The van der Waals surface area contributed by atoms with Gasteiger partial charge in [0.25, 0.3) is 0 Å². The van der Waals surface area contributed by atoms with Gasteiger partial charge in [-0.25, -0.2) is 0 Å². The molecule has 1 aromatic rings. The molecule has 1 N–H and O–H groups in total. The topological polar surface area (TPSA) is 99.6 Å². The van der Waals surface area contributed by atoms with E-state index in [0.717, 1.165) is 0 Å². The van der Waals surface area contributed by atoms with Crippen LogP contribution in [0.25, 0.3) is 0 Å². The number of amides is 3. The molecule has 3 aliphatic rings. The van der Waals surface area contributed by atoms with E-state index in [2.05, 4.69) is 29.1 Å². The van der Waals surface area contributed by atoms with Gasteiger partial charge in [-0.05, 0) is 64.3 Å². The third-order valence-electron chi connectivity index (χ3n) is 8.38. The van der Waals surface area contributed by atoms with E-state index < -0.39 is 29.6 Å². The number of carbonyl (C=O) groups is 3. The van der Waals surface area contributed by atoms with Crippen LogP contribution in [0.1, 0.15) is 40.0 Å². The average molecular weight is 633 g/mol. The van der Waals surface area contributed by atoms with Gasteiger partial charge in [0.2, 0.25) is 17.7 Å². The van der Waals surface area contributed by atoms with E-state index >= 15 is 0 Å². The summed E-state index contributed by atoms with van der Waals surface area (Å²) in [5.74, 6) is -1.57. The number of likely N-dealkylation sites (tertiary alicyclic amines) is 1. The normalized spacial score (nSPS) is 28.1. The Balaban J connectivity index is 1.75. The van der Waals surface area contributed by atoms with E-state index in [0.29, 0.717) is 50.4 Å². The van der Waals surface area contributed by atoms with Crippen molar-refractivity contribution in [2.75, 3.05) is 37.7 Å². The minimum Gasteiger partial charge on any atom is -0.494 e. The van der Waals surface area contributed by atoms with Gasteiger partial charge >= 0.3 is 0 Å². The van der Waals surface area contributed by atoms with Gasteiger partial charge < -0.3 is 29.3 Å². The highest BCUT2D eigenvalue weighted by atomic mass is 79.9. The largest absolute Gasteiger partial charge is 0.494 e. The van der Waals surface area contributed by atoms with Crippen molar-refractivity contribution in [1.29, 1.82) is 0 Å². The molecule has 3 saturated heterocycles. The summed E-state index contributed by atoms with van der Waals surface area (Å²) < 4.78 is 12.2. The molecule has 0 saturated carbocycles. The maximum Gasteiger partial charge on any atom is 0.248 e. The zero-order chi connectivity index (χ0) is 29.9. The Morgan fingerprint density at radius 2 is 1.88 bits per heavy atom. The maximum atomic E-state index is 14.4. The molecule has 3 aliphatic heterocycles. The smallest absolute Gasteiger partial charge is 0.248 e. The first-order chi connectivity index (χ1) is 19.7. The monoisotopic (exact) mass is 631 g/mol. The van der Waals surface area contributed by atoms with E-state index in [4.69, 9.17) is 9.47 Å². The molecular formula is C31H42BrN3O6. The second kappa shape index (κ2) is 13.1. The third kappa shape index (κ3) is 5.58. The van der Waals surface area contributed by atoms with Crippen molar-refractivity contribution in [2.24, 2.45) is 11.8 Å². The highest BCUT2D eigenvalue weighted by Gasteiger charge is 2.76. The Kier molecular flexibility index (Phi) is 9.97. The van der Waals surface area contributed by atoms with E-state index in [1.165, 1.54) is 0 Å². The van der Waals surface area contributed by atoms with Gasteiger partial charge in [-0.3, -0.25) is 14.4 Å². The molecule has 1 aromatic carbocycles. The summed E-state index contributed by atoms with van der Waals surface area (Å²) in [6.45, 7) is 14.8. The number of benzene rings is 1. The fourth-order valence-corrected chi connectivity index (χ4v) is 7.64. The number of fused-ring (bicyclic) bond motifs is 1. The van der Waals surface area contributed by atoms with Gasteiger partial charge in [-0.2, -0.15) is 0 Å².